The Morgan fingerprint density at radius 1 is 0.0833 bits per heavy atom. The minimum absolute atomic E-state index is 0.967. The highest BCUT2D eigenvalue weighted by molar-refractivity contribution is 6.44. The van der Waals surface area contributed by atoms with Gasteiger partial charge in [-0.15, -0.1) is 0 Å². The highest BCUT2D eigenvalue weighted by Crippen LogP contribution is 2.52. The second-order valence-electron chi connectivity index (χ2n) is 34.4. The minimum Gasteiger partial charge on any atom is -0.355 e. The second kappa shape index (κ2) is 19.5. The fraction of sp³-hybridized carbons (Fsp3) is 0. The first-order valence-electron chi connectivity index (χ1n) is 40.8. The van der Waals surface area contributed by atoms with E-state index in [1.54, 1.807) is 0 Å². The third kappa shape index (κ3) is 7.34. The standard InChI is InChI=1S/C100H56N20/c1-5-41-11-45-21-61-65-25-49-15-53-29-69-73-33-57-19-58-35-75-71-31-55-17-51-27-67-63-23-47-13-43-7-3-39(103-43)10-40-4-8-44(104-40)14-48-24-64-68-28-52(112-92(68)80(91(67)111-51)78(87(63)107-47)88(64)108-48)18-56-32-72-76-36-60(120-100(76)84(99(75)119-58)82(95(71)115-55)96(72)116-56)20-59-34-74-70-30-54(114-94(70)81(93(69)113-53)83(97(73)117-57)98(74)118-59)16-50-26-66-62-22-46(12-42-6-2-38(102-42)9-37(1)101-41)106-86(62)77(85(61)105-45)79(89(65)109-49)90(66)110-50/h1-36,101-120H. The molecule has 33 aromatic rings. The Bertz CT molecular complexity index is 9700. The average molecular weight is 1540 g/mol. The Morgan fingerprint density at radius 3 is 0.267 bits per heavy atom. The van der Waals surface area contributed by atoms with E-state index in [-0.39, 0.29) is 0 Å². The smallest absolute Gasteiger partial charge is 0.0568 e. The average Bonchev–Trinajstić information content (AvgIpc) is 1.54. The molecule has 0 fully saturated rings. The van der Waals surface area contributed by atoms with Crippen molar-refractivity contribution in [2.75, 3.05) is 0 Å². The first-order chi connectivity index (χ1) is 59.1. The third-order valence-corrected chi connectivity index (χ3v) is 27.4. The number of nitrogens with one attached hydrogen (secondary N) is 20. The van der Waals surface area contributed by atoms with Gasteiger partial charge in [-0.1, -0.05) is 0 Å². The summed E-state index contributed by atoms with van der Waals surface area (Å²) in [5.74, 6) is 0. The van der Waals surface area contributed by atoms with Gasteiger partial charge in [-0.05, 0) is 218 Å². The number of benzene rings is 8. The molecule has 20 N–H and O–H groups in total. The van der Waals surface area contributed by atoms with Crippen molar-refractivity contribution in [3.63, 3.8) is 0 Å². The molecule has 0 atom stereocenters. The predicted octanol–water partition coefficient (Wildman–Crippen LogP) is 26.8. The molecule has 556 valence electrons. The second-order valence-corrected chi connectivity index (χ2v) is 34.4. The van der Waals surface area contributed by atoms with Crippen molar-refractivity contribution in [2.45, 2.75) is 0 Å². The summed E-state index contributed by atoms with van der Waals surface area (Å²) >= 11 is 0. The predicted molar refractivity (Wildman–Crippen MR) is 500 cm³/mol. The van der Waals surface area contributed by atoms with Crippen LogP contribution in [0.15, 0.2) is 218 Å². The zero-order valence-electron chi connectivity index (χ0n) is 62.8. The Kier molecular flexibility index (Phi) is 9.55. The molecule has 0 radical (unpaired) electrons. The lowest BCUT2D eigenvalue weighted by Crippen LogP contribution is -1.85. The number of aromatic nitrogens is 20. The van der Waals surface area contributed by atoms with Gasteiger partial charge in [0.1, 0.15) is 0 Å². The maximum atomic E-state index is 4.13. The first kappa shape index (κ1) is 58.8. The molecule has 25 aromatic heterocycles. The quantitative estimate of drug-likeness (QED) is 0.0674. The molecule has 20 heteroatoms. The molecule has 33 rings (SSSR count). The fourth-order valence-corrected chi connectivity index (χ4v) is 22.8. The van der Waals surface area contributed by atoms with Gasteiger partial charge in [-0.3, -0.25) is 0 Å². The first-order valence-corrected chi connectivity index (χ1v) is 40.8. The SMILES string of the molecule is c1cc2cc3cc4c5cc6cc7cc8c9cc%10cc%11cc%12c%13cc%14cc%15cc%16c%17cc%18cc%19ccc(cc%20ccc(cc%21cc%22c%23cc(cc%24cc%25c%26cc(cc%27cc%28c%29cc(cc%30cc%31c%32cc(cc%33ccc(cc1[nH]2)[nH]%33)[nH]c%32c(c4[nH]3)c(c5[nH]6)c%31[nH]%30)[nH]c%29c(c8[nH]7)c(c9[nH]%10)c%28[nH]%27)[nH]c%26c(c%12[nH]%11)c(c%13[nH]%14)c%25[nH]%24)[nH]c%23c(c%16[nH]%15)c(c%17[nH]%18)c%22[nH]%21)[nH]%20)[nH]%19. The van der Waals surface area contributed by atoms with E-state index in [1.165, 1.54) is 0 Å². The van der Waals surface area contributed by atoms with Gasteiger partial charge < -0.3 is 99.7 Å². The number of fused-ring (bicyclic) bond motifs is 32. The van der Waals surface area contributed by atoms with Gasteiger partial charge in [0.15, 0.2) is 0 Å². The zero-order chi connectivity index (χ0) is 76.5. The molecule has 0 aliphatic rings. The van der Waals surface area contributed by atoms with E-state index in [0.29, 0.717) is 0 Å². The highest BCUT2D eigenvalue weighted by Gasteiger charge is 2.28. The number of hydrogen-bond donors (Lipinski definition) is 20. The lowest BCUT2D eigenvalue weighted by molar-refractivity contribution is 1.50. The molecule has 0 aliphatic carbocycles. The van der Waals surface area contributed by atoms with Gasteiger partial charge in [0.2, 0.25) is 0 Å². The van der Waals surface area contributed by atoms with Gasteiger partial charge >= 0.3 is 0 Å². The molecule has 120 heavy (non-hydrogen) atoms. The van der Waals surface area contributed by atoms with Crippen LogP contribution < -0.4 is 0 Å². The summed E-state index contributed by atoms with van der Waals surface area (Å²) in [6, 6.07) is 81.5. The van der Waals surface area contributed by atoms with Crippen LogP contribution in [0.2, 0.25) is 0 Å². The van der Waals surface area contributed by atoms with Gasteiger partial charge in [0.25, 0.3) is 0 Å². The number of rotatable bonds is 0. The molecule has 0 amide bonds. The molecule has 0 unspecified atom stereocenters. The highest BCUT2D eigenvalue weighted by atomic mass is 14.9. The maximum absolute atomic E-state index is 4.13. The summed E-state index contributed by atoms with van der Waals surface area (Å²) in [6.07, 6.45) is 0. The lowest BCUT2D eigenvalue weighted by atomic mass is 9.98. The van der Waals surface area contributed by atoms with E-state index in [0.717, 1.165) is 350 Å². The number of hydrogen-bond acceptors (Lipinski definition) is 0. The van der Waals surface area contributed by atoms with Gasteiger partial charge in [-0.2, -0.15) is 0 Å². The molecular formula is C100H56N20. The summed E-state index contributed by atoms with van der Waals surface area (Å²) in [4.78, 5) is 79.9. The van der Waals surface area contributed by atoms with Crippen LogP contribution in [0, 0.1) is 0 Å². The van der Waals surface area contributed by atoms with Gasteiger partial charge in [0, 0.05) is 262 Å². The van der Waals surface area contributed by atoms with E-state index in [2.05, 4.69) is 318 Å². The van der Waals surface area contributed by atoms with Crippen LogP contribution in [0.4, 0.5) is 0 Å². The van der Waals surface area contributed by atoms with Crippen LogP contribution in [0.1, 0.15) is 0 Å². The zero-order valence-corrected chi connectivity index (χ0v) is 62.8. The topological polar surface area (TPSA) is 316 Å². The van der Waals surface area contributed by atoms with Crippen LogP contribution >= 0.6 is 0 Å². The van der Waals surface area contributed by atoms with Crippen molar-refractivity contribution in [3.05, 3.63) is 218 Å². The van der Waals surface area contributed by atoms with E-state index in [9.17, 15) is 0 Å². The van der Waals surface area contributed by atoms with Crippen LogP contribution in [-0.4, -0.2) is 99.7 Å². The van der Waals surface area contributed by atoms with Crippen molar-refractivity contribution < 1.29 is 0 Å². The fourth-order valence-electron chi connectivity index (χ4n) is 22.8. The van der Waals surface area contributed by atoms with Gasteiger partial charge in [-0.25, -0.2) is 0 Å². The molecule has 8 aromatic carbocycles. The Balaban J connectivity index is 0.679. The lowest BCUT2D eigenvalue weighted by Gasteiger charge is -2.08. The van der Waals surface area contributed by atoms with Crippen LogP contribution in [-0.2, 0) is 0 Å². The maximum Gasteiger partial charge on any atom is 0.0568 e. The largest absolute Gasteiger partial charge is 0.355 e. The Morgan fingerprint density at radius 2 is 0.167 bits per heavy atom. The van der Waals surface area contributed by atoms with E-state index in [1.807, 2.05) is 0 Å². The summed E-state index contributed by atoms with van der Waals surface area (Å²) in [7, 11) is 0. The van der Waals surface area contributed by atoms with Crippen LogP contribution in [0.25, 0.3) is 350 Å². The third-order valence-electron chi connectivity index (χ3n) is 27.4. The molecule has 0 saturated carbocycles. The molecule has 20 nitrogen and oxygen atoms in total. The molecule has 40 bridgehead atoms. The van der Waals surface area contributed by atoms with E-state index >= 15 is 0 Å². The van der Waals surface area contributed by atoms with Crippen molar-refractivity contribution in [2.24, 2.45) is 0 Å². The molecule has 0 aliphatic heterocycles. The minimum atomic E-state index is 0.967. The monoisotopic (exact) mass is 1540 g/mol. The van der Waals surface area contributed by atoms with Crippen molar-refractivity contribution in [1.29, 1.82) is 0 Å². The van der Waals surface area contributed by atoms with Crippen LogP contribution in [0.3, 0.4) is 0 Å². The molecular weight excluding hydrogens is 1480 g/mol. The Hall–Kier alpha value is -17.0. The van der Waals surface area contributed by atoms with Crippen LogP contribution in [0.5, 0.6) is 0 Å². The summed E-state index contributed by atoms with van der Waals surface area (Å²) in [5, 5.41) is 26.7. The normalized spacial score (nSPS) is 13.3. The Labute approximate surface area is 663 Å². The van der Waals surface area contributed by atoms with Crippen molar-refractivity contribution in [3.8, 4) is 0 Å². The number of aromatic amines is 20. The van der Waals surface area contributed by atoms with E-state index < -0.39 is 0 Å². The summed E-state index contributed by atoms with van der Waals surface area (Å²) < 4.78 is 0. The van der Waals surface area contributed by atoms with Gasteiger partial charge in [0.05, 0.1) is 88.3 Å². The number of H-pyrrole nitrogens is 20. The summed E-state index contributed by atoms with van der Waals surface area (Å²) in [5.41, 5.74) is 40.6. The van der Waals surface area contributed by atoms with E-state index in [4.69, 9.17) is 0 Å². The molecule has 25 heterocycles. The van der Waals surface area contributed by atoms with Crippen molar-refractivity contribution in [1.82, 2.24) is 99.7 Å². The molecule has 0 saturated heterocycles. The molecule has 0 spiro atoms. The summed E-state index contributed by atoms with van der Waals surface area (Å²) in [6.45, 7) is 0. The van der Waals surface area contributed by atoms with Crippen molar-refractivity contribution >= 4 is 350 Å².